The van der Waals surface area contributed by atoms with Crippen LogP contribution in [0.3, 0.4) is 0 Å². The summed E-state index contributed by atoms with van der Waals surface area (Å²) in [7, 11) is 0. The van der Waals surface area contributed by atoms with Gasteiger partial charge in [0.05, 0.1) is 35.2 Å². The number of hydrogen-bond acceptors (Lipinski definition) is 7. The van der Waals surface area contributed by atoms with Gasteiger partial charge in [-0.25, -0.2) is 9.37 Å². The van der Waals surface area contributed by atoms with Crippen molar-refractivity contribution in [1.82, 2.24) is 24.7 Å². The standard InChI is InChI=1S/C23H18FN7O2/c24-16-5-1-3-7-18(16)31-21-14(20-15(22(31)32)12-28-30-20)11-27-23(29-21)26-10-13-9-25-17-6-2-4-8-19(17)33-13/h1-8,11-13,25H,9-10H2,(H,28,30)(H,26,27,29). The summed E-state index contributed by atoms with van der Waals surface area (Å²) in [6, 6.07) is 13.8. The summed E-state index contributed by atoms with van der Waals surface area (Å²) in [5.41, 5.74) is 1.34. The number of halogens is 1. The normalized spacial score (nSPS) is 15.1. The van der Waals surface area contributed by atoms with E-state index in [0.717, 1.165) is 11.4 Å². The topological polar surface area (TPSA) is 110 Å². The lowest BCUT2D eigenvalue weighted by atomic mass is 10.2. The average Bonchev–Trinajstić information content (AvgIpc) is 3.34. The Labute approximate surface area is 186 Å². The summed E-state index contributed by atoms with van der Waals surface area (Å²) in [4.78, 5) is 22.2. The Morgan fingerprint density at radius 1 is 1.15 bits per heavy atom. The number of ether oxygens (including phenoxy) is 1. The predicted octanol–water partition coefficient (Wildman–Crippen LogP) is 3.08. The number of rotatable bonds is 4. The molecule has 4 heterocycles. The summed E-state index contributed by atoms with van der Waals surface area (Å²) in [6.07, 6.45) is 2.92. The number of benzene rings is 2. The van der Waals surface area contributed by atoms with Crippen molar-refractivity contribution in [3.8, 4) is 11.4 Å². The van der Waals surface area contributed by atoms with Crippen LogP contribution in [0.5, 0.6) is 5.75 Å². The maximum absolute atomic E-state index is 14.7. The van der Waals surface area contributed by atoms with Crippen LogP contribution in [0.4, 0.5) is 16.0 Å². The molecule has 0 aliphatic carbocycles. The van der Waals surface area contributed by atoms with Gasteiger partial charge in [-0.15, -0.1) is 0 Å². The van der Waals surface area contributed by atoms with Gasteiger partial charge < -0.3 is 15.4 Å². The summed E-state index contributed by atoms with van der Waals surface area (Å²) in [5, 5.41) is 14.2. The number of nitrogens with one attached hydrogen (secondary N) is 3. The minimum absolute atomic E-state index is 0.108. The number of fused-ring (bicyclic) bond motifs is 4. The Kier molecular flexibility index (Phi) is 4.42. The molecule has 1 aliphatic heterocycles. The van der Waals surface area contributed by atoms with Crippen molar-refractivity contribution in [2.75, 3.05) is 23.7 Å². The van der Waals surface area contributed by atoms with Crippen LogP contribution in [0, 0.1) is 5.82 Å². The molecular weight excluding hydrogens is 425 g/mol. The van der Waals surface area contributed by atoms with Crippen LogP contribution in [0.1, 0.15) is 0 Å². The third kappa shape index (κ3) is 3.23. The van der Waals surface area contributed by atoms with E-state index >= 15 is 0 Å². The first-order valence-corrected chi connectivity index (χ1v) is 10.4. The minimum Gasteiger partial charge on any atom is -0.485 e. The lowest BCUT2D eigenvalue weighted by Gasteiger charge is -2.27. The Morgan fingerprint density at radius 3 is 2.91 bits per heavy atom. The number of anilines is 2. The molecule has 0 saturated carbocycles. The van der Waals surface area contributed by atoms with Crippen molar-refractivity contribution < 1.29 is 9.13 Å². The zero-order valence-corrected chi connectivity index (χ0v) is 17.2. The summed E-state index contributed by atoms with van der Waals surface area (Å²) >= 11 is 0. The lowest BCUT2D eigenvalue weighted by Crippen LogP contribution is -2.36. The third-order valence-corrected chi connectivity index (χ3v) is 5.59. The molecule has 33 heavy (non-hydrogen) atoms. The molecule has 6 rings (SSSR count). The number of H-pyrrole nitrogens is 1. The van der Waals surface area contributed by atoms with Crippen LogP contribution in [-0.2, 0) is 0 Å². The van der Waals surface area contributed by atoms with Gasteiger partial charge in [-0.05, 0) is 24.3 Å². The maximum atomic E-state index is 14.7. The zero-order chi connectivity index (χ0) is 22.4. The number of hydrogen-bond donors (Lipinski definition) is 3. The van der Waals surface area contributed by atoms with Crippen LogP contribution in [0.25, 0.3) is 27.6 Å². The Hall–Kier alpha value is -4.47. The quantitative estimate of drug-likeness (QED) is 0.392. The zero-order valence-electron chi connectivity index (χ0n) is 17.2. The lowest BCUT2D eigenvalue weighted by molar-refractivity contribution is 0.218. The highest BCUT2D eigenvalue weighted by Gasteiger charge is 2.21. The second-order valence-corrected chi connectivity index (χ2v) is 7.67. The fourth-order valence-electron chi connectivity index (χ4n) is 4.01. The predicted molar refractivity (Wildman–Crippen MR) is 123 cm³/mol. The van der Waals surface area contributed by atoms with E-state index < -0.39 is 11.4 Å². The molecule has 3 N–H and O–H groups in total. The fraction of sp³-hybridized carbons (Fsp3) is 0.130. The van der Waals surface area contributed by atoms with Crippen LogP contribution >= 0.6 is 0 Å². The Morgan fingerprint density at radius 2 is 2.00 bits per heavy atom. The molecule has 0 amide bonds. The molecule has 0 spiro atoms. The van der Waals surface area contributed by atoms with E-state index in [4.69, 9.17) is 4.74 Å². The molecule has 1 aliphatic rings. The minimum atomic E-state index is -0.530. The molecular formula is C23H18FN7O2. The first kappa shape index (κ1) is 19.2. The van der Waals surface area contributed by atoms with Gasteiger partial charge in [0.15, 0.2) is 5.65 Å². The highest BCUT2D eigenvalue weighted by Crippen LogP contribution is 2.28. The SMILES string of the molecule is O=c1c2c[nH]nc2c2cnc(NCC3CNc4ccccc4O3)nc2n1-c1ccccc1F. The molecule has 164 valence electrons. The molecule has 2 aromatic carbocycles. The Balaban J connectivity index is 1.39. The fourth-order valence-corrected chi connectivity index (χ4v) is 4.01. The van der Waals surface area contributed by atoms with Crippen LogP contribution in [-0.4, -0.2) is 43.9 Å². The highest BCUT2D eigenvalue weighted by atomic mass is 19.1. The van der Waals surface area contributed by atoms with Crippen LogP contribution in [0.2, 0.25) is 0 Å². The smallest absolute Gasteiger partial charge is 0.267 e. The van der Waals surface area contributed by atoms with E-state index in [1.165, 1.54) is 22.9 Å². The van der Waals surface area contributed by atoms with Crippen LogP contribution < -0.4 is 20.9 Å². The molecule has 1 atom stereocenters. The van der Waals surface area contributed by atoms with E-state index in [9.17, 15) is 9.18 Å². The van der Waals surface area contributed by atoms with Gasteiger partial charge in [-0.1, -0.05) is 24.3 Å². The van der Waals surface area contributed by atoms with Gasteiger partial charge >= 0.3 is 0 Å². The average molecular weight is 443 g/mol. The van der Waals surface area contributed by atoms with E-state index in [2.05, 4.69) is 30.8 Å². The molecule has 0 saturated heterocycles. The molecule has 9 nitrogen and oxygen atoms in total. The largest absolute Gasteiger partial charge is 0.485 e. The second-order valence-electron chi connectivity index (χ2n) is 7.67. The van der Waals surface area contributed by atoms with Crippen molar-refractivity contribution in [1.29, 1.82) is 0 Å². The molecule has 0 fully saturated rings. The van der Waals surface area contributed by atoms with Gasteiger partial charge in [-0.2, -0.15) is 10.1 Å². The maximum Gasteiger partial charge on any atom is 0.267 e. The van der Waals surface area contributed by atoms with Gasteiger partial charge in [0, 0.05) is 12.4 Å². The first-order chi connectivity index (χ1) is 16.2. The van der Waals surface area contributed by atoms with E-state index in [1.54, 1.807) is 18.3 Å². The van der Waals surface area contributed by atoms with E-state index in [0.29, 0.717) is 35.3 Å². The molecule has 1 unspecified atom stereocenters. The van der Waals surface area contributed by atoms with Crippen molar-refractivity contribution in [2.24, 2.45) is 0 Å². The van der Waals surface area contributed by atoms with Crippen molar-refractivity contribution >= 4 is 33.6 Å². The van der Waals surface area contributed by atoms with Crippen molar-refractivity contribution in [3.63, 3.8) is 0 Å². The third-order valence-electron chi connectivity index (χ3n) is 5.59. The van der Waals surface area contributed by atoms with Crippen LogP contribution in [0.15, 0.2) is 65.7 Å². The number of aromatic nitrogens is 5. The number of pyridine rings is 1. The van der Waals surface area contributed by atoms with Crippen molar-refractivity contribution in [3.05, 3.63) is 77.1 Å². The highest BCUT2D eigenvalue weighted by molar-refractivity contribution is 6.02. The molecule has 10 heteroatoms. The summed E-state index contributed by atoms with van der Waals surface area (Å²) < 4.78 is 21.9. The van der Waals surface area contributed by atoms with Gasteiger partial charge in [0.1, 0.15) is 23.2 Å². The molecule has 0 radical (unpaired) electrons. The van der Waals surface area contributed by atoms with E-state index in [-0.39, 0.29) is 17.4 Å². The number of nitrogens with zero attached hydrogens (tertiary/aromatic N) is 4. The van der Waals surface area contributed by atoms with Crippen molar-refractivity contribution in [2.45, 2.75) is 6.10 Å². The molecule has 5 aromatic rings. The first-order valence-electron chi connectivity index (χ1n) is 10.4. The van der Waals surface area contributed by atoms with Gasteiger partial charge in [-0.3, -0.25) is 14.5 Å². The summed E-state index contributed by atoms with van der Waals surface area (Å²) in [6.45, 7) is 1.05. The number of aromatic amines is 1. The summed E-state index contributed by atoms with van der Waals surface area (Å²) in [5.74, 6) is 0.547. The Bertz CT molecular complexity index is 1560. The molecule has 3 aromatic heterocycles. The monoisotopic (exact) mass is 443 g/mol. The van der Waals surface area contributed by atoms with E-state index in [1.807, 2.05) is 24.3 Å². The second kappa shape index (κ2) is 7.59. The number of para-hydroxylation sites is 3. The van der Waals surface area contributed by atoms with Gasteiger partial charge in [0.2, 0.25) is 5.95 Å². The van der Waals surface area contributed by atoms with Gasteiger partial charge in [0.25, 0.3) is 5.56 Å². The molecule has 0 bridgehead atoms.